The maximum Gasteiger partial charge on any atom is 0.407 e. The number of aliphatic carboxylic acids is 1. The molecule has 1 aromatic rings. The van der Waals surface area contributed by atoms with Crippen molar-refractivity contribution in [3.63, 3.8) is 0 Å². The summed E-state index contributed by atoms with van der Waals surface area (Å²) in [7, 11) is -2.03. The van der Waals surface area contributed by atoms with Crippen molar-refractivity contribution in [2.75, 3.05) is 6.61 Å². The molecule has 0 aliphatic carbocycles. The molecule has 0 spiro atoms. The molecule has 2 amide bonds. The molecular formula is C28H48N2O6Si. The zero-order valence-corrected chi connectivity index (χ0v) is 25.1. The van der Waals surface area contributed by atoms with Crippen molar-refractivity contribution in [1.29, 1.82) is 0 Å². The van der Waals surface area contributed by atoms with Gasteiger partial charge in [0.1, 0.15) is 11.6 Å². The lowest BCUT2D eigenvalue weighted by Crippen LogP contribution is -2.49. The number of carboxylic acids is 1. The second kappa shape index (κ2) is 14.0. The molecule has 0 heterocycles. The van der Waals surface area contributed by atoms with Crippen LogP contribution in [-0.2, 0) is 25.2 Å². The van der Waals surface area contributed by atoms with E-state index in [1.807, 2.05) is 30.3 Å². The van der Waals surface area contributed by atoms with Crippen molar-refractivity contribution >= 4 is 26.3 Å². The highest BCUT2D eigenvalue weighted by Gasteiger charge is 2.38. The summed E-state index contributed by atoms with van der Waals surface area (Å²) in [6.45, 7) is 18.1. The molecule has 3 N–H and O–H groups in total. The topological polar surface area (TPSA) is 114 Å². The molecular weight excluding hydrogens is 488 g/mol. The van der Waals surface area contributed by atoms with E-state index in [2.05, 4.69) is 44.5 Å². The first-order chi connectivity index (χ1) is 16.9. The highest BCUT2D eigenvalue weighted by Crippen LogP contribution is 2.36. The number of carbonyl (C=O) groups excluding carboxylic acids is 2. The minimum Gasteiger partial charge on any atom is -0.480 e. The summed E-state index contributed by atoms with van der Waals surface area (Å²) in [6, 6.07) is 8.53. The smallest absolute Gasteiger partial charge is 0.407 e. The fraction of sp³-hybridized carbons (Fsp3) is 0.679. The van der Waals surface area contributed by atoms with Gasteiger partial charge in [-0.05, 0) is 63.7 Å². The van der Waals surface area contributed by atoms with Crippen LogP contribution < -0.4 is 10.6 Å². The van der Waals surface area contributed by atoms with E-state index >= 15 is 0 Å². The predicted octanol–water partition coefficient (Wildman–Crippen LogP) is 5.52. The van der Waals surface area contributed by atoms with Crippen molar-refractivity contribution in [3.05, 3.63) is 35.9 Å². The van der Waals surface area contributed by atoms with Gasteiger partial charge in [-0.15, -0.1) is 0 Å². The van der Waals surface area contributed by atoms with Crippen LogP contribution >= 0.6 is 0 Å². The summed E-state index contributed by atoms with van der Waals surface area (Å²) in [6.07, 6.45) is 1.28. The van der Waals surface area contributed by atoms with Crippen LogP contribution in [0.3, 0.4) is 0 Å². The Morgan fingerprint density at radius 1 is 1.00 bits per heavy atom. The van der Waals surface area contributed by atoms with Gasteiger partial charge in [0.25, 0.3) is 0 Å². The molecule has 0 aliphatic heterocycles. The number of benzene rings is 1. The molecule has 0 aliphatic rings. The first kappa shape index (κ1) is 32.6. The van der Waals surface area contributed by atoms with E-state index in [-0.39, 0.29) is 35.9 Å². The zero-order valence-electron chi connectivity index (χ0n) is 24.1. The van der Waals surface area contributed by atoms with Crippen molar-refractivity contribution in [3.8, 4) is 0 Å². The SMILES string of the molecule is CC(CO[Si](C)(C)C(C)(C)C)C(NC(=O)CCC[C@@H](Cc1ccccc1)NC(=O)OC(C)(C)C)C(=O)O. The van der Waals surface area contributed by atoms with Gasteiger partial charge in [0.2, 0.25) is 5.91 Å². The standard InChI is InChI=1S/C28H48N2O6Si/c1-20(19-35-37(8,9)28(5,6)7)24(25(32)33)30-23(31)17-13-16-22(18-21-14-11-10-12-15-21)29-26(34)36-27(2,3)4/h10-12,14-15,20,22,24H,13,16-19H2,1-9H3,(H,29,34)(H,30,31)(H,32,33)/t20?,22-,24?/m0/s1. The van der Waals surface area contributed by atoms with Gasteiger partial charge in [-0.1, -0.05) is 58.0 Å². The third-order valence-corrected chi connectivity index (χ3v) is 11.2. The molecule has 3 atom stereocenters. The Hall–Kier alpha value is -2.39. The van der Waals surface area contributed by atoms with E-state index in [9.17, 15) is 19.5 Å². The number of rotatable bonds is 13. The molecule has 1 rings (SSSR count). The molecule has 8 nitrogen and oxygen atoms in total. The normalized spacial score (nSPS) is 14.8. The summed E-state index contributed by atoms with van der Waals surface area (Å²) in [5.41, 5.74) is 0.451. The van der Waals surface area contributed by atoms with Gasteiger partial charge in [-0.2, -0.15) is 0 Å². The minimum absolute atomic E-state index is 0.0122. The van der Waals surface area contributed by atoms with Gasteiger partial charge >= 0.3 is 12.1 Å². The fourth-order valence-electron chi connectivity index (χ4n) is 3.45. The first-order valence-corrected chi connectivity index (χ1v) is 16.0. The summed E-state index contributed by atoms with van der Waals surface area (Å²) < 4.78 is 11.6. The monoisotopic (exact) mass is 536 g/mol. The summed E-state index contributed by atoms with van der Waals surface area (Å²) >= 11 is 0. The summed E-state index contributed by atoms with van der Waals surface area (Å²) in [4.78, 5) is 36.9. The Kier molecular flexibility index (Phi) is 12.3. The van der Waals surface area contributed by atoms with E-state index in [4.69, 9.17) is 9.16 Å². The summed E-state index contributed by atoms with van der Waals surface area (Å²) in [5, 5.41) is 15.3. The van der Waals surface area contributed by atoms with E-state index in [0.29, 0.717) is 19.3 Å². The maximum absolute atomic E-state index is 12.7. The maximum atomic E-state index is 12.7. The molecule has 0 aromatic heterocycles. The molecule has 0 radical (unpaired) electrons. The van der Waals surface area contributed by atoms with Crippen LogP contribution in [0.25, 0.3) is 0 Å². The van der Waals surface area contributed by atoms with E-state index in [0.717, 1.165) is 5.56 Å². The average molecular weight is 537 g/mol. The van der Waals surface area contributed by atoms with Crippen LogP contribution in [0, 0.1) is 5.92 Å². The molecule has 9 heteroatoms. The highest BCUT2D eigenvalue weighted by molar-refractivity contribution is 6.74. The van der Waals surface area contributed by atoms with Gasteiger partial charge in [-0.25, -0.2) is 9.59 Å². The van der Waals surface area contributed by atoms with Crippen molar-refractivity contribution < 1.29 is 28.7 Å². The molecule has 0 saturated carbocycles. The third-order valence-electron chi connectivity index (χ3n) is 6.67. The Bertz CT molecular complexity index is 877. The zero-order chi connectivity index (χ0) is 28.4. The van der Waals surface area contributed by atoms with Crippen molar-refractivity contribution in [2.45, 2.75) is 110 Å². The van der Waals surface area contributed by atoms with Crippen LogP contribution in [0.2, 0.25) is 18.1 Å². The molecule has 0 saturated heterocycles. The van der Waals surface area contributed by atoms with E-state index in [1.54, 1.807) is 27.7 Å². The quantitative estimate of drug-likeness (QED) is 0.286. The number of amides is 2. The van der Waals surface area contributed by atoms with Crippen molar-refractivity contribution in [1.82, 2.24) is 10.6 Å². The molecule has 1 aromatic carbocycles. The van der Waals surface area contributed by atoms with Crippen LogP contribution in [0.4, 0.5) is 4.79 Å². The largest absolute Gasteiger partial charge is 0.480 e. The van der Waals surface area contributed by atoms with E-state index in [1.165, 1.54) is 0 Å². The number of alkyl carbamates (subject to hydrolysis) is 1. The third kappa shape index (κ3) is 12.6. The number of carboxylic acid groups (broad SMARTS) is 1. The number of ether oxygens (including phenoxy) is 1. The van der Waals surface area contributed by atoms with Crippen molar-refractivity contribution in [2.24, 2.45) is 5.92 Å². The minimum atomic E-state index is -2.03. The second-order valence-corrected chi connectivity index (χ2v) is 17.2. The number of hydrogen-bond donors (Lipinski definition) is 3. The number of nitrogens with one attached hydrogen (secondary N) is 2. The Morgan fingerprint density at radius 2 is 1.59 bits per heavy atom. The Labute approximate surface area is 224 Å². The van der Waals surface area contributed by atoms with Gasteiger partial charge in [0.05, 0.1) is 0 Å². The van der Waals surface area contributed by atoms with Gasteiger partial charge in [-0.3, -0.25) is 4.79 Å². The molecule has 2 unspecified atom stereocenters. The Balaban J connectivity index is 2.70. The van der Waals surface area contributed by atoms with Crippen LogP contribution in [0.1, 0.15) is 73.3 Å². The van der Waals surface area contributed by atoms with Gasteiger partial charge < -0.3 is 24.9 Å². The molecule has 210 valence electrons. The lowest BCUT2D eigenvalue weighted by Gasteiger charge is -2.37. The fourth-order valence-corrected chi connectivity index (χ4v) is 4.57. The average Bonchev–Trinajstić information content (AvgIpc) is 2.74. The predicted molar refractivity (Wildman–Crippen MR) is 149 cm³/mol. The van der Waals surface area contributed by atoms with Crippen LogP contribution in [0.5, 0.6) is 0 Å². The van der Waals surface area contributed by atoms with E-state index < -0.39 is 32.0 Å². The highest BCUT2D eigenvalue weighted by atomic mass is 28.4. The first-order valence-electron chi connectivity index (χ1n) is 13.1. The number of hydrogen-bond acceptors (Lipinski definition) is 5. The molecule has 0 bridgehead atoms. The Morgan fingerprint density at radius 3 is 2.11 bits per heavy atom. The van der Waals surface area contributed by atoms with Crippen LogP contribution in [-0.4, -0.2) is 55.7 Å². The number of carbonyl (C=O) groups is 3. The molecule has 0 fully saturated rings. The summed E-state index contributed by atoms with van der Waals surface area (Å²) in [5.74, 6) is -1.79. The van der Waals surface area contributed by atoms with Gasteiger partial charge in [0, 0.05) is 25.0 Å². The van der Waals surface area contributed by atoms with Crippen LogP contribution in [0.15, 0.2) is 30.3 Å². The lowest BCUT2D eigenvalue weighted by molar-refractivity contribution is -0.143. The van der Waals surface area contributed by atoms with Gasteiger partial charge in [0.15, 0.2) is 8.32 Å². The lowest BCUT2D eigenvalue weighted by atomic mass is 10.00. The molecule has 37 heavy (non-hydrogen) atoms. The second-order valence-electron chi connectivity index (χ2n) is 12.4.